The number of carbonyl (C=O) groups is 2. The Kier molecular flexibility index (Phi) is 8.48. The van der Waals surface area contributed by atoms with E-state index in [1.54, 1.807) is 12.1 Å². The second-order valence-corrected chi connectivity index (χ2v) is 9.90. The fourth-order valence-electron chi connectivity index (χ4n) is 3.22. The number of aromatic nitrogens is 1. The Labute approximate surface area is 207 Å². The van der Waals surface area contributed by atoms with Crippen LogP contribution in [0.2, 0.25) is 10.0 Å². The molecule has 0 aliphatic heterocycles. The number of hydrogen-bond donors (Lipinski definition) is 1. The Morgan fingerprint density at radius 2 is 1.82 bits per heavy atom. The third kappa shape index (κ3) is 6.32. The molecule has 33 heavy (non-hydrogen) atoms. The van der Waals surface area contributed by atoms with Gasteiger partial charge in [0.2, 0.25) is 0 Å². The lowest BCUT2D eigenvalue weighted by atomic mass is 10.1. The lowest BCUT2D eigenvalue weighted by Gasteiger charge is -2.14. The first kappa shape index (κ1) is 25.2. The predicted molar refractivity (Wildman–Crippen MR) is 135 cm³/mol. The van der Waals surface area contributed by atoms with Crippen LogP contribution < -0.4 is 10.1 Å². The molecule has 0 fully saturated rings. The van der Waals surface area contributed by atoms with Gasteiger partial charge in [-0.05, 0) is 57.8 Å². The van der Waals surface area contributed by atoms with Crippen LogP contribution >= 0.6 is 34.5 Å². The van der Waals surface area contributed by atoms with Gasteiger partial charge in [-0.15, -0.1) is 11.3 Å². The SMILES string of the molecule is Cc1sc(=NC(=O)c2ccc(Cl)cc2Cl)n(Cc2ccccc2C(=O)NCCN(C)C)c1C. The van der Waals surface area contributed by atoms with Crippen LogP contribution in [0.4, 0.5) is 0 Å². The van der Waals surface area contributed by atoms with Crippen LogP contribution in [0.15, 0.2) is 47.5 Å². The van der Waals surface area contributed by atoms with Gasteiger partial charge in [0.05, 0.1) is 17.1 Å². The zero-order chi connectivity index (χ0) is 24.1. The molecule has 3 aromatic rings. The molecule has 0 unspecified atom stereocenters. The monoisotopic (exact) mass is 504 g/mol. The minimum Gasteiger partial charge on any atom is -0.351 e. The first-order valence-corrected chi connectivity index (χ1v) is 12.0. The summed E-state index contributed by atoms with van der Waals surface area (Å²) in [6, 6.07) is 12.2. The third-order valence-corrected chi connectivity index (χ3v) is 6.83. The Morgan fingerprint density at radius 1 is 1.09 bits per heavy atom. The molecule has 1 heterocycles. The van der Waals surface area contributed by atoms with E-state index in [1.165, 1.54) is 17.4 Å². The van der Waals surface area contributed by atoms with Gasteiger partial charge in [-0.3, -0.25) is 9.59 Å². The van der Waals surface area contributed by atoms with Crippen LogP contribution in [-0.2, 0) is 6.54 Å². The molecular formula is C24H26Cl2N4O2S. The van der Waals surface area contributed by atoms with Crippen molar-refractivity contribution in [2.24, 2.45) is 4.99 Å². The maximum atomic E-state index is 12.9. The van der Waals surface area contributed by atoms with E-state index in [0.29, 0.717) is 28.5 Å². The van der Waals surface area contributed by atoms with E-state index in [4.69, 9.17) is 23.2 Å². The Hall–Kier alpha value is -2.45. The topological polar surface area (TPSA) is 66.7 Å². The highest BCUT2D eigenvalue weighted by atomic mass is 35.5. The first-order chi connectivity index (χ1) is 15.7. The normalized spacial score (nSPS) is 11.8. The molecule has 0 aliphatic rings. The first-order valence-electron chi connectivity index (χ1n) is 10.4. The molecule has 2 amide bonds. The average molecular weight is 505 g/mol. The molecule has 0 saturated heterocycles. The highest BCUT2D eigenvalue weighted by Crippen LogP contribution is 2.22. The van der Waals surface area contributed by atoms with Crippen LogP contribution in [0.3, 0.4) is 0 Å². The van der Waals surface area contributed by atoms with Gasteiger partial charge < -0.3 is 14.8 Å². The summed E-state index contributed by atoms with van der Waals surface area (Å²) in [6.45, 7) is 5.68. The second kappa shape index (κ2) is 11.1. The molecule has 0 atom stereocenters. The van der Waals surface area contributed by atoms with E-state index in [9.17, 15) is 9.59 Å². The molecule has 0 radical (unpaired) electrons. The number of amides is 2. The van der Waals surface area contributed by atoms with Crippen LogP contribution in [0.25, 0.3) is 0 Å². The van der Waals surface area contributed by atoms with E-state index in [0.717, 1.165) is 22.7 Å². The van der Waals surface area contributed by atoms with Gasteiger partial charge in [-0.1, -0.05) is 41.4 Å². The smallest absolute Gasteiger partial charge is 0.281 e. The molecule has 0 saturated carbocycles. The van der Waals surface area contributed by atoms with E-state index < -0.39 is 5.91 Å². The number of nitrogens with one attached hydrogen (secondary N) is 1. The molecule has 3 rings (SSSR count). The van der Waals surface area contributed by atoms with Crippen molar-refractivity contribution in [3.63, 3.8) is 0 Å². The van der Waals surface area contributed by atoms with Gasteiger partial charge in [0.1, 0.15) is 0 Å². The maximum absolute atomic E-state index is 12.9. The van der Waals surface area contributed by atoms with Gasteiger partial charge in [0.15, 0.2) is 4.80 Å². The Balaban J connectivity index is 1.94. The van der Waals surface area contributed by atoms with Crippen LogP contribution in [-0.4, -0.2) is 48.5 Å². The van der Waals surface area contributed by atoms with Crippen molar-refractivity contribution >= 4 is 46.4 Å². The fraction of sp³-hybridized carbons (Fsp3) is 0.292. The van der Waals surface area contributed by atoms with Crippen molar-refractivity contribution in [3.8, 4) is 0 Å². The van der Waals surface area contributed by atoms with E-state index in [-0.39, 0.29) is 16.5 Å². The van der Waals surface area contributed by atoms with Gasteiger partial charge in [0, 0.05) is 34.2 Å². The number of nitrogens with zero attached hydrogens (tertiary/aromatic N) is 3. The summed E-state index contributed by atoms with van der Waals surface area (Å²) in [7, 11) is 3.92. The molecule has 0 aliphatic carbocycles. The minimum absolute atomic E-state index is 0.125. The van der Waals surface area contributed by atoms with Gasteiger partial charge in [-0.2, -0.15) is 4.99 Å². The number of rotatable bonds is 7. The summed E-state index contributed by atoms with van der Waals surface area (Å²) < 4.78 is 1.95. The van der Waals surface area contributed by atoms with Gasteiger partial charge >= 0.3 is 0 Å². The van der Waals surface area contributed by atoms with Crippen LogP contribution in [0.5, 0.6) is 0 Å². The molecule has 0 bridgehead atoms. The summed E-state index contributed by atoms with van der Waals surface area (Å²) in [5, 5.41) is 3.68. The number of likely N-dealkylation sites (N-methyl/N-ethyl adjacent to an activating group) is 1. The minimum atomic E-state index is -0.443. The van der Waals surface area contributed by atoms with Crippen LogP contribution in [0.1, 0.15) is 36.9 Å². The summed E-state index contributed by atoms with van der Waals surface area (Å²) in [5.74, 6) is -0.568. The van der Waals surface area contributed by atoms with Gasteiger partial charge in [0.25, 0.3) is 11.8 Å². The molecular weight excluding hydrogens is 479 g/mol. The number of halogens is 2. The number of aryl methyl sites for hydroxylation is 1. The highest BCUT2D eigenvalue weighted by Gasteiger charge is 2.16. The Bertz CT molecular complexity index is 1250. The summed E-state index contributed by atoms with van der Waals surface area (Å²) in [6.07, 6.45) is 0. The predicted octanol–water partition coefficient (Wildman–Crippen LogP) is 4.55. The molecule has 1 N–H and O–H groups in total. The average Bonchev–Trinajstić information content (AvgIpc) is 3.01. The van der Waals surface area contributed by atoms with Crippen molar-refractivity contribution < 1.29 is 9.59 Å². The van der Waals surface area contributed by atoms with Crippen molar-refractivity contribution in [1.82, 2.24) is 14.8 Å². The molecule has 2 aromatic carbocycles. The number of benzene rings is 2. The zero-order valence-electron chi connectivity index (χ0n) is 19.0. The van der Waals surface area contributed by atoms with Crippen LogP contribution in [0, 0.1) is 13.8 Å². The highest BCUT2D eigenvalue weighted by molar-refractivity contribution is 7.09. The summed E-state index contributed by atoms with van der Waals surface area (Å²) >= 11 is 13.6. The van der Waals surface area contributed by atoms with E-state index >= 15 is 0 Å². The standard InChI is InChI=1S/C24H26Cl2N4O2S/c1-15-16(2)33-24(28-23(32)20-10-9-18(25)13-21(20)26)30(15)14-17-7-5-6-8-19(17)22(31)27-11-12-29(3)4/h5-10,13H,11-12,14H2,1-4H3,(H,27,31). The molecule has 174 valence electrons. The van der Waals surface area contributed by atoms with E-state index in [2.05, 4.69) is 10.3 Å². The largest absolute Gasteiger partial charge is 0.351 e. The molecule has 9 heteroatoms. The number of hydrogen-bond acceptors (Lipinski definition) is 4. The summed E-state index contributed by atoms with van der Waals surface area (Å²) in [5.41, 5.74) is 2.72. The number of carbonyl (C=O) groups excluding carboxylic acids is 2. The van der Waals surface area contributed by atoms with Crippen molar-refractivity contribution in [2.45, 2.75) is 20.4 Å². The lowest BCUT2D eigenvalue weighted by Crippen LogP contribution is -2.32. The molecule has 0 spiro atoms. The lowest BCUT2D eigenvalue weighted by molar-refractivity contribution is 0.0948. The second-order valence-electron chi connectivity index (χ2n) is 7.87. The Morgan fingerprint density at radius 3 is 2.52 bits per heavy atom. The summed E-state index contributed by atoms with van der Waals surface area (Å²) in [4.78, 5) is 33.6. The van der Waals surface area contributed by atoms with Crippen molar-refractivity contribution in [1.29, 1.82) is 0 Å². The molecule has 1 aromatic heterocycles. The zero-order valence-corrected chi connectivity index (χ0v) is 21.3. The van der Waals surface area contributed by atoms with E-state index in [1.807, 2.05) is 61.7 Å². The van der Waals surface area contributed by atoms with Gasteiger partial charge in [-0.25, -0.2) is 0 Å². The quantitative estimate of drug-likeness (QED) is 0.512. The fourth-order valence-corrected chi connectivity index (χ4v) is 4.68. The third-order valence-electron chi connectivity index (χ3n) is 5.18. The molecule has 6 nitrogen and oxygen atoms in total. The maximum Gasteiger partial charge on any atom is 0.281 e. The van der Waals surface area contributed by atoms with Crippen molar-refractivity contribution in [3.05, 3.63) is 84.6 Å². The van der Waals surface area contributed by atoms with Crippen molar-refractivity contribution in [2.75, 3.05) is 27.2 Å². The number of thiazole rings is 1.